The average Bonchev–Trinajstić information content (AvgIpc) is 3.86. The van der Waals surface area contributed by atoms with E-state index in [2.05, 4.69) is 5.32 Å². The molecule has 2 N–H and O–H groups in total. The first-order chi connectivity index (χ1) is 25.7. The molecule has 7 rings (SSSR count). The van der Waals surface area contributed by atoms with Crippen molar-refractivity contribution >= 4 is 29.3 Å². The second-order valence-corrected chi connectivity index (χ2v) is 13.8. The highest BCUT2D eigenvalue weighted by Gasteiger charge is 2.47. The molecule has 2 aliphatic rings. The van der Waals surface area contributed by atoms with Crippen LogP contribution in [0.5, 0.6) is 0 Å². The summed E-state index contributed by atoms with van der Waals surface area (Å²) in [7, 11) is 0. The lowest BCUT2D eigenvalue weighted by atomic mass is 10.0. The van der Waals surface area contributed by atoms with Crippen molar-refractivity contribution in [3.05, 3.63) is 126 Å². The van der Waals surface area contributed by atoms with Crippen LogP contribution in [-0.4, -0.2) is 57.4 Å². The fraction of sp³-hybridized carbons (Fsp3) is 0.275. The molecule has 0 bridgehead atoms. The molecule has 1 aromatic heterocycles. The average molecular weight is 744 g/mol. The van der Waals surface area contributed by atoms with Crippen molar-refractivity contribution in [3.8, 4) is 22.6 Å². The first-order valence-corrected chi connectivity index (χ1v) is 18.2. The van der Waals surface area contributed by atoms with Gasteiger partial charge in [0.15, 0.2) is 12.1 Å². The van der Waals surface area contributed by atoms with Gasteiger partial charge in [0.2, 0.25) is 5.91 Å². The number of oxazole rings is 1. The van der Waals surface area contributed by atoms with Gasteiger partial charge in [0.05, 0.1) is 18.8 Å². The van der Waals surface area contributed by atoms with Crippen LogP contribution in [-0.2, 0) is 25.7 Å². The largest absolute Gasteiger partial charge is 0.471 e. The molecule has 0 unspecified atom stereocenters. The number of likely N-dealkylation sites (tertiary alicyclic amines) is 1. The number of ether oxygens (including phenoxy) is 2. The van der Waals surface area contributed by atoms with Gasteiger partial charge in [-0.2, -0.15) is 13.2 Å². The van der Waals surface area contributed by atoms with Gasteiger partial charge >= 0.3 is 12.1 Å². The maximum atomic E-state index is 13.1. The molecule has 0 radical (unpaired) electrons. The second kappa shape index (κ2) is 16.0. The number of hydrogen-bond donors (Lipinski definition) is 2. The summed E-state index contributed by atoms with van der Waals surface area (Å²) in [6, 6.07) is 32.7. The standard InChI is InChI=1S/C40H36F3N3O6S/c41-40(42,43)38(49)46-21-7-12-32(46)36(48)44-30-19-17-29(18-20-30)37-50-31(22-33(51-37)26-15-13-25(23-47)14-16-26)24-53-39-45-34(27-8-3-1-4-9-27)35(52-39)28-10-5-2-6-11-28/h1-6,8-11,13-20,31-33,37,47H,7,12,21-24H2,(H,44,48)/t31-,32+,33+,37+/m1/s1. The highest BCUT2D eigenvalue weighted by atomic mass is 32.2. The zero-order valence-corrected chi connectivity index (χ0v) is 29.2. The van der Waals surface area contributed by atoms with E-state index in [4.69, 9.17) is 18.9 Å². The zero-order chi connectivity index (χ0) is 37.0. The maximum Gasteiger partial charge on any atom is 0.471 e. The molecule has 9 nitrogen and oxygen atoms in total. The van der Waals surface area contributed by atoms with Crippen molar-refractivity contribution in [1.29, 1.82) is 0 Å². The van der Waals surface area contributed by atoms with Crippen molar-refractivity contribution < 1.29 is 41.8 Å². The third kappa shape index (κ3) is 8.49. The first kappa shape index (κ1) is 36.4. The molecule has 4 aromatic carbocycles. The third-order valence-corrected chi connectivity index (χ3v) is 10.2. The fourth-order valence-electron chi connectivity index (χ4n) is 6.52. The summed E-state index contributed by atoms with van der Waals surface area (Å²) in [5.74, 6) is -1.52. The van der Waals surface area contributed by atoms with Crippen LogP contribution in [0, 0.1) is 0 Å². The summed E-state index contributed by atoms with van der Waals surface area (Å²) in [6.07, 6.45) is -5.52. The second-order valence-electron chi connectivity index (χ2n) is 12.8. The summed E-state index contributed by atoms with van der Waals surface area (Å²) in [6.45, 7) is -0.212. The minimum absolute atomic E-state index is 0.0802. The molecule has 2 amide bonds. The molecule has 13 heteroatoms. The quantitative estimate of drug-likeness (QED) is 0.137. The number of hydrogen-bond acceptors (Lipinski definition) is 8. The molecule has 0 spiro atoms. The summed E-state index contributed by atoms with van der Waals surface area (Å²) in [5.41, 5.74) is 5.30. The minimum Gasteiger partial charge on any atom is -0.431 e. The van der Waals surface area contributed by atoms with Gasteiger partial charge < -0.3 is 29.2 Å². The molecule has 3 heterocycles. The Morgan fingerprint density at radius 2 is 1.53 bits per heavy atom. The van der Waals surface area contributed by atoms with Gasteiger partial charge in [-0.25, -0.2) is 4.98 Å². The molecular weight excluding hydrogens is 708 g/mol. The number of rotatable bonds is 10. The number of benzene rings is 4. The van der Waals surface area contributed by atoms with Gasteiger partial charge in [-0.1, -0.05) is 109 Å². The van der Waals surface area contributed by atoms with E-state index in [0.717, 1.165) is 27.9 Å². The molecule has 274 valence electrons. The number of alkyl halides is 3. The molecular formula is C40H36F3N3O6S. The van der Waals surface area contributed by atoms with Crippen LogP contribution in [0.1, 0.15) is 48.3 Å². The van der Waals surface area contributed by atoms with Crippen molar-refractivity contribution in [2.75, 3.05) is 17.6 Å². The number of aliphatic hydroxyl groups excluding tert-OH is 1. The molecule has 2 fully saturated rings. The van der Waals surface area contributed by atoms with Crippen LogP contribution in [0.15, 0.2) is 119 Å². The molecule has 4 atom stereocenters. The number of carbonyl (C=O) groups excluding carboxylic acids is 2. The smallest absolute Gasteiger partial charge is 0.431 e. The summed E-state index contributed by atoms with van der Waals surface area (Å²) in [4.78, 5) is 30.3. The first-order valence-electron chi connectivity index (χ1n) is 17.2. The lowest BCUT2D eigenvalue weighted by Crippen LogP contribution is -2.48. The third-order valence-electron chi connectivity index (χ3n) is 9.21. The minimum atomic E-state index is -5.05. The molecule has 2 saturated heterocycles. The van der Waals surface area contributed by atoms with Crippen LogP contribution >= 0.6 is 11.8 Å². The Bertz CT molecular complexity index is 1950. The van der Waals surface area contributed by atoms with E-state index in [1.54, 1.807) is 24.3 Å². The SMILES string of the molecule is O=C(Nc1ccc([C@H]2O[C@@H](CSc3nc(-c4ccccc4)c(-c4ccccc4)o3)C[C@@H](c3ccc(CO)cc3)O2)cc1)[C@@H]1CCCN1C(=O)C(F)(F)F. The van der Waals surface area contributed by atoms with E-state index in [9.17, 15) is 27.9 Å². The number of thioether (sulfide) groups is 1. The lowest BCUT2D eigenvalue weighted by Gasteiger charge is -2.36. The number of carbonyl (C=O) groups is 2. The van der Waals surface area contributed by atoms with E-state index in [1.807, 2.05) is 84.9 Å². The Morgan fingerprint density at radius 3 is 2.19 bits per heavy atom. The summed E-state index contributed by atoms with van der Waals surface area (Å²) >= 11 is 1.44. The number of aromatic nitrogens is 1. The number of halogens is 3. The van der Waals surface area contributed by atoms with Crippen molar-refractivity contribution in [2.24, 2.45) is 0 Å². The van der Waals surface area contributed by atoms with Crippen LogP contribution in [0.4, 0.5) is 18.9 Å². The Hall–Kier alpha value is -4.95. The van der Waals surface area contributed by atoms with Gasteiger partial charge in [-0.3, -0.25) is 9.59 Å². The zero-order valence-electron chi connectivity index (χ0n) is 28.4. The highest BCUT2D eigenvalue weighted by molar-refractivity contribution is 7.99. The molecule has 5 aromatic rings. The predicted molar refractivity (Wildman–Crippen MR) is 192 cm³/mol. The number of anilines is 1. The van der Waals surface area contributed by atoms with Gasteiger partial charge in [0.25, 0.3) is 5.22 Å². The van der Waals surface area contributed by atoms with E-state index < -0.39 is 30.3 Å². The van der Waals surface area contributed by atoms with Crippen LogP contribution in [0.25, 0.3) is 22.6 Å². The molecule has 0 aliphatic carbocycles. The van der Waals surface area contributed by atoms with Crippen molar-refractivity contribution in [2.45, 2.75) is 61.8 Å². The number of nitrogens with zero attached hydrogens (tertiary/aromatic N) is 2. The normalized spacial score (nSPS) is 20.3. The number of nitrogens with one attached hydrogen (secondary N) is 1. The molecule has 0 saturated carbocycles. The topological polar surface area (TPSA) is 114 Å². The van der Waals surface area contributed by atoms with E-state index >= 15 is 0 Å². The molecule has 2 aliphatic heterocycles. The Balaban J connectivity index is 1.08. The van der Waals surface area contributed by atoms with Crippen LogP contribution in [0.3, 0.4) is 0 Å². The lowest BCUT2D eigenvalue weighted by molar-refractivity contribution is -0.245. The van der Waals surface area contributed by atoms with E-state index in [1.165, 1.54) is 11.8 Å². The van der Waals surface area contributed by atoms with Crippen molar-refractivity contribution in [3.63, 3.8) is 0 Å². The monoisotopic (exact) mass is 743 g/mol. The predicted octanol–water partition coefficient (Wildman–Crippen LogP) is 8.33. The fourth-order valence-corrected chi connectivity index (χ4v) is 7.36. The van der Waals surface area contributed by atoms with E-state index in [-0.39, 0.29) is 31.8 Å². The Morgan fingerprint density at radius 1 is 0.868 bits per heavy atom. The van der Waals surface area contributed by atoms with Crippen molar-refractivity contribution in [1.82, 2.24) is 9.88 Å². The number of aliphatic hydroxyl groups is 1. The molecule has 53 heavy (non-hydrogen) atoms. The number of amides is 2. The summed E-state index contributed by atoms with van der Waals surface area (Å²) in [5, 5.41) is 12.7. The Labute approximate surface area is 308 Å². The van der Waals surface area contributed by atoms with E-state index in [0.29, 0.717) is 45.7 Å². The summed E-state index contributed by atoms with van der Waals surface area (Å²) < 4.78 is 58.6. The maximum absolute atomic E-state index is 13.1. The van der Waals surface area contributed by atoms with Gasteiger partial charge in [0, 0.05) is 41.1 Å². The van der Waals surface area contributed by atoms with Crippen LogP contribution in [0.2, 0.25) is 0 Å². The Kier molecular flexibility index (Phi) is 11.0. The van der Waals surface area contributed by atoms with Gasteiger partial charge in [0.1, 0.15) is 11.7 Å². The highest BCUT2D eigenvalue weighted by Crippen LogP contribution is 2.41. The van der Waals surface area contributed by atoms with Gasteiger partial charge in [-0.05, 0) is 36.1 Å². The van der Waals surface area contributed by atoms with Gasteiger partial charge in [-0.15, -0.1) is 0 Å². The van der Waals surface area contributed by atoms with Crippen LogP contribution < -0.4 is 5.32 Å².